The van der Waals surface area contributed by atoms with E-state index in [1.54, 1.807) is 7.11 Å². The Kier molecular flexibility index (Phi) is 4.23. The zero-order chi connectivity index (χ0) is 15.7. The number of rotatable bonds is 4. The summed E-state index contributed by atoms with van der Waals surface area (Å²) in [6.07, 6.45) is 2.98. The minimum absolute atomic E-state index is 0.154. The van der Waals surface area contributed by atoms with Crippen LogP contribution in [0.15, 0.2) is 12.3 Å². The van der Waals surface area contributed by atoms with Crippen molar-refractivity contribution in [2.45, 2.75) is 12.8 Å². The second kappa shape index (κ2) is 6.01. The highest BCUT2D eigenvalue weighted by Gasteiger charge is 2.51. The molecule has 0 N–H and O–H groups in total. The van der Waals surface area contributed by atoms with Gasteiger partial charge in [0.05, 0.1) is 17.0 Å². The minimum Gasteiger partial charge on any atom is -0.383 e. The highest BCUT2D eigenvalue weighted by Crippen LogP contribution is 2.42. The summed E-state index contributed by atoms with van der Waals surface area (Å²) >= 11 is 5.74. The van der Waals surface area contributed by atoms with Gasteiger partial charge in [-0.25, -0.2) is 9.37 Å². The number of nitrogens with zero attached hydrogens (tertiary/aromatic N) is 3. The summed E-state index contributed by atoms with van der Waals surface area (Å²) in [5.74, 6) is -0.00271. The maximum absolute atomic E-state index is 14.0. The van der Waals surface area contributed by atoms with Crippen molar-refractivity contribution in [3.63, 3.8) is 0 Å². The van der Waals surface area contributed by atoms with Crippen LogP contribution in [0.4, 0.5) is 10.2 Å². The number of amides is 1. The summed E-state index contributed by atoms with van der Waals surface area (Å²) in [7, 11) is 1.63. The van der Waals surface area contributed by atoms with E-state index in [2.05, 4.69) is 4.98 Å². The van der Waals surface area contributed by atoms with E-state index in [9.17, 15) is 9.18 Å². The van der Waals surface area contributed by atoms with E-state index in [1.165, 1.54) is 12.3 Å². The first-order chi connectivity index (χ1) is 10.6. The number of halogens is 2. The largest absolute Gasteiger partial charge is 0.383 e. The Morgan fingerprint density at radius 1 is 1.45 bits per heavy atom. The van der Waals surface area contributed by atoms with Gasteiger partial charge in [0, 0.05) is 39.5 Å². The van der Waals surface area contributed by atoms with Crippen LogP contribution in [0.25, 0.3) is 0 Å². The van der Waals surface area contributed by atoms with Gasteiger partial charge in [0.15, 0.2) is 11.6 Å². The third kappa shape index (κ3) is 2.65. The normalized spacial score (nSPS) is 24.8. The highest BCUT2D eigenvalue weighted by atomic mass is 35.5. The van der Waals surface area contributed by atoms with Crippen LogP contribution in [0.1, 0.15) is 12.8 Å². The van der Waals surface area contributed by atoms with Crippen molar-refractivity contribution in [1.29, 1.82) is 0 Å². The van der Waals surface area contributed by atoms with Gasteiger partial charge in [0.25, 0.3) is 0 Å². The molecule has 1 unspecified atom stereocenters. The van der Waals surface area contributed by atoms with E-state index in [-0.39, 0.29) is 16.7 Å². The van der Waals surface area contributed by atoms with Crippen LogP contribution in [0.3, 0.4) is 0 Å². The second-order valence-electron chi connectivity index (χ2n) is 5.95. The average molecular weight is 328 g/mol. The number of pyridine rings is 1. The number of hydrogen-bond acceptors (Lipinski definition) is 4. The lowest BCUT2D eigenvalue weighted by atomic mass is 9.85. The average Bonchev–Trinajstić information content (AvgIpc) is 3.04. The van der Waals surface area contributed by atoms with Gasteiger partial charge in [-0.2, -0.15) is 0 Å². The van der Waals surface area contributed by atoms with Crippen LogP contribution >= 0.6 is 11.6 Å². The number of likely N-dealkylation sites (tertiary alicyclic amines) is 1. The Labute approximate surface area is 134 Å². The van der Waals surface area contributed by atoms with E-state index in [0.29, 0.717) is 26.2 Å². The van der Waals surface area contributed by atoms with Gasteiger partial charge in [-0.05, 0) is 18.9 Å². The molecule has 1 atom stereocenters. The molecule has 7 heteroatoms. The topological polar surface area (TPSA) is 45.7 Å². The van der Waals surface area contributed by atoms with Gasteiger partial charge in [0.2, 0.25) is 5.91 Å². The number of anilines is 1. The van der Waals surface area contributed by atoms with E-state index < -0.39 is 11.2 Å². The van der Waals surface area contributed by atoms with Crippen molar-refractivity contribution in [3.05, 3.63) is 23.1 Å². The minimum atomic E-state index is -0.439. The van der Waals surface area contributed by atoms with E-state index in [0.717, 1.165) is 19.4 Å². The zero-order valence-corrected chi connectivity index (χ0v) is 13.3. The zero-order valence-electron chi connectivity index (χ0n) is 12.5. The standard InChI is InChI=1S/C15H19ClFN3O2/c1-22-7-6-19-4-2-15(14(19)21)3-5-20(10-15)13-12(17)8-11(16)9-18-13/h8-9H,2-7,10H2,1H3. The fraction of sp³-hybridized carbons (Fsp3) is 0.600. The molecule has 0 saturated carbocycles. The van der Waals surface area contributed by atoms with Crippen molar-refractivity contribution in [3.8, 4) is 0 Å². The second-order valence-corrected chi connectivity index (χ2v) is 6.38. The monoisotopic (exact) mass is 327 g/mol. The Bertz CT molecular complexity index is 586. The summed E-state index contributed by atoms with van der Waals surface area (Å²) in [6.45, 7) is 3.05. The van der Waals surface area contributed by atoms with Crippen LogP contribution in [0.5, 0.6) is 0 Å². The molecule has 2 saturated heterocycles. The van der Waals surface area contributed by atoms with Crippen molar-refractivity contribution < 1.29 is 13.9 Å². The maximum atomic E-state index is 14.0. The molecule has 2 aliphatic rings. The lowest BCUT2D eigenvalue weighted by Gasteiger charge is -2.24. The van der Waals surface area contributed by atoms with Gasteiger partial charge < -0.3 is 14.5 Å². The van der Waals surface area contributed by atoms with Crippen LogP contribution < -0.4 is 4.90 Å². The molecule has 2 aliphatic heterocycles. The van der Waals surface area contributed by atoms with Gasteiger partial charge in [0.1, 0.15) is 0 Å². The van der Waals surface area contributed by atoms with E-state index >= 15 is 0 Å². The molecule has 0 aromatic carbocycles. The summed E-state index contributed by atoms with van der Waals surface area (Å²) < 4.78 is 19.1. The molecule has 0 aliphatic carbocycles. The van der Waals surface area contributed by atoms with Crippen LogP contribution in [-0.4, -0.2) is 55.7 Å². The molecule has 3 heterocycles. The number of methoxy groups -OCH3 is 1. The molecular formula is C15H19ClFN3O2. The molecule has 1 aromatic heterocycles. The van der Waals surface area contributed by atoms with E-state index in [1.807, 2.05) is 9.80 Å². The number of hydrogen-bond donors (Lipinski definition) is 0. The van der Waals surface area contributed by atoms with Crippen LogP contribution in [0, 0.1) is 11.2 Å². The summed E-state index contributed by atoms with van der Waals surface area (Å²) in [5, 5.41) is 0.276. The van der Waals surface area contributed by atoms with Crippen LogP contribution in [-0.2, 0) is 9.53 Å². The molecule has 120 valence electrons. The summed E-state index contributed by atoms with van der Waals surface area (Å²) in [5.41, 5.74) is -0.401. The Morgan fingerprint density at radius 3 is 2.95 bits per heavy atom. The number of carbonyl (C=O) groups excluding carboxylic acids is 1. The third-order valence-electron chi connectivity index (χ3n) is 4.61. The van der Waals surface area contributed by atoms with Crippen molar-refractivity contribution in [2.24, 2.45) is 5.41 Å². The predicted molar refractivity (Wildman–Crippen MR) is 81.5 cm³/mol. The quantitative estimate of drug-likeness (QED) is 0.848. The first-order valence-corrected chi connectivity index (χ1v) is 7.78. The predicted octanol–water partition coefficient (Wildman–Crippen LogP) is 1.95. The molecule has 0 radical (unpaired) electrons. The highest BCUT2D eigenvalue weighted by molar-refractivity contribution is 6.30. The smallest absolute Gasteiger partial charge is 0.230 e. The van der Waals surface area contributed by atoms with Crippen molar-refractivity contribution >= 4 is 23.3 Å². The Balaban J connectivity index is 1.73. The van der Waals surface area contributed by atoms with Crippen molar-refractivity contribution in [2.75, 3.05) is 44.8 Å². The van der Waals surface area contributed by atoms with Gasteiger partial charge in [-0.15, -0.1) is 0 Å². The maximum Gasteiger partial charge on any atom is 0.230 e. The van der Waals surface area contributed by atoms with Crippen molar-refractivity contribution in [1.82, 2.24) is 9.88 Å². The SMILES string of the molecule is COCCN1CCC2(CCN(c3ncc(Cl)cc3F)C2)C1=O. The first-order valence-electron chi connectivity index (χ1n) is 7.40. The fourth-order valence-corrected chi connectivity index (χ4v) is 3.52. The molecule has 2 fully saturated rings. The fourth-order valence-electron chi connectivity index (χ4n) is 3.38. The molecule has 1 amide bonds. The number of ether oxygens (including phenoxy) is 1. The number of carbonyl (C=O) groups is 1. The summed E-state index contributed by atoms with van der Waals surface area (Å²) in [6, 6.07) is 1.26. The van der Waals surface area contributed by atoms with Gasteiger partial charge in [-0.1, -0.05) is 11.6 Å². The van der Waals surface area contributed by atoms with Gasteiger partial charge in [-0.3, -0.25) is 4.79 Å². The lowest BCUT2D eigenvalue weighted by molar-refractivity contribution is -0.135. The van der Waals surface area contributed by atoms with Gasteiger partial charge >= 0.3 is 0 Å². The molecule has 22 heavy (non-hydrogen) atoms. The van der Waals surface area contributed by atoms with E-state index in [4.69, 9.17) is 16.3 Å². The molecule has 0 bridgehead atoms. The third-order valence-corrected chi connectivity index (χ3v) is 4.81. The van der Waals surface area contributed by atoms with Crippen LogP contribution in [0.2, 0.25) is 5.02 Å². The molecule has 5 nitrogen and oxygen atoms in total. The molecule has 1 aromatic rings. The molecular weight excluding hydrogens is 309 g/mol. The summed E-state index contributed by atoms with van der Waals surface area (Å²) in [4.78, 5) is 20.4. The molecule has 1 spiro atoms. The number of aromatic nitrogens is 1. The Morgan fingerprint density at radius 2 is 2.23 bits per heavy atom. The first kappa shape index (κ1) is 15.5. The Hall–Kier alpha value is -1.40. The lowest BCUT2D eigenvalue weighted by Crippen LogP contribution is -2.38. The molecule has 3 rings (SSSR count).